The molecule has 0 amide bonds. The second-order valence-corrected chi connectivity index (χ2v) is 5.00. The van der Waals surface area contributed by atoms with Crippen molar-refractivity contribution in [1.29, 1.82) is 0 Å². The molecule has 0 spiro atoms. The number of hydrogen-bond donors (Lipinski definition) is 1. The van der Waals surface area contributed by atoms with Crippen LogP contribution in [0.2, 0.25) is 5.02 Å². The third-order valence-electron chi connectivity index (χ3n) is 3.26. The predicted octanol–water partition coefficient (Wildman–Crippen LogP) is 3.99. The molecule has 2 aromatic rings. The SMILES string of the molecule is CNC(Cc1cccc(OC)c1)c1ccc(Cl)cc1F. The zero-order valence-electron chi connectivity index (χ0n) is 11.5. The fourth-order valence-corrected chi connectivity index (χ4v) is 2.35. The lowest BCUT2D eigenvalue weighted by molar-refractivity contribution is 0.414. The third-order valence-corrected chi connectivity index (χ3v) is 3.50. The molecular formula is C16H17ClFNO. The van der Waals surface area contributed by atoms with E-state index < -0.39 is 0 Å². The van der Waals surface area contributed by atoms with Gasteiger partial charge >= 0.3 is 0 Å². The van der Waals surface area contributed by atoms with Crippen molar-refractivity contribution in [2.75, 3.05) is 14.2 Å². The Morgan fingerprint density at radius 2 is 2.05 bits per heavy atom. The Balaban J connectivity index is 2.23. The molecule has 1 atom stereocenters. The third kappa shape index (κ3) is 3.50. The molecule has 2 aromatic carbocycles. The molecule has 0 aliphatic rings. The minimum atomic E-state index is -0.292. The van der Waals surface area contributed by atoms with Gasteiger partial charge in [0, 0.05) is 16.6 Å². The van der Waals surface area contributed by atoms with Crippen molar-refractivity contribution >= 4 is 11.6 Å². The topological polar surface area (TPSA) is 21.3 Å². The molecular weight excluding hydrogens is 277 g/mol. The van der Waals surface area contributed by atoms with Gasteiger partial charge in [0.1, 0.15) is 11.6 Å². The molecule has 0 radical (unpaired) electrons. The Morgan fingerprint density at radius 3 is 2.70 bits per heavy atom. The molecule has 4 heteroatoms. The van der Waals surface area contributed by atoms with Crippen LogP contribution in [0.15, 0.2) is 42.5 Å². The molecule has 106 valence electrons. The van der Waals surface area contributed by atoms with E-state index in [-0.39, 0.29) is 11.9 Å². The van der Waals surface area contributed by atoms with E-state index in [0.717, 1.165) is 11.3 Å². The second-order valence-electron chi connectivity index (χ2n) is 4.56. The molecule has 20 heavy (non-hydrogen) atoms. The molecule has 0 aliphatic carbocycles. The molecule has 0 bridgehead atoms. The Bertz CT molecular complexity index is 588. The molecule has 0 fully saturated rings. The smallest absolute Gasteiger partial charge is 0.129 e. The summed E-state index contributed by atoms with van der Waals surface area (Å²) < 4.78 is 19.2. The van der Waals surface area contributed by atoms with Crippen LogP contribution in [0.1, 0.15) is 17.2 Å². The van der Waals surface area contributed by atoms with Gasteiger partial charge in [-0.2, -0.15) is 0 Å². The highest BCUT2D eigenvalue weighted by Crippen LogP contribution is 2.25. The average Bonchev–Trinajstić information content (AvgIpc) is 2.45. The Kier molecular flexibility index (Phi) is 4.99. The summed E-state index contributed by atoms with van der Waals surface area (Å²) >= 11 is 5.79. The van der Waals surface area contributed by atoms with Gasteiger partial charge < -0.3 is 10.1 Å². The van der Waals surface area contributed by atoms with Gasteiger partial charge in [-0.3, -0.25) is 0 Å². The van der Waals surface area contributed by atoms with E-state index in [1.165, 1.54) is 6.07 Å². The van der Waals surface area contributed by atoms with Crippen LogP contribution >= 0.6 is 11.6 Å². The summed E-state index contributed by atoms with van der Waals surface area (Å²) in [7, 11) is 3.45. The Labute approximate surface area is 123 Å². The highest BCUT2D eigenvalue weighted by molar-refractivity contribution is 6.30. The van der Waals surface area contributed by atoms with Crippen LogP contribution in [0.3, 0.4) is 0 Å². The zero-order valence-corrected chi connectivity index (χ0v) is 12.2. The predicted molar refractivity (Wildman–Crippen MR) is 79.9 cm³/mol. The second kappa shape index (κ2) is 6.73. The number of nitrogens with one attached hydrogen (secondary N) is 1. The first-order chi connectivity index (χ1) is 9.63. The largest absolute Gasteiger partial charge is 0.497 e. The van der Waals surface area contributed by atoms with Crippen molar-refractivity contribution in [1.82, 2.24) is 5.32 Å². The van der Waals surface area contributed by atoms with Gasteiger partial charge in [0.2, 0.25) is 0 Å². The maximum Gasteiger partial charge on any atom is 0.129 e. The Morgan fingerprint density at radius 1 is 1.25 bits per heavy atom. The number of rotatable bonds is 5. The molecule has 2 rings (SSSR count). The summed E-state index contributed by atoms with van der Waals surface area (Å²) in [6.07, 6.45) is 0.673. The van der Waals surface area contributed by atoms with E-state index >= 15 is 0 Å². The average molecular weight is 294 g/mol. The van der Waals surface area contributed by atoms with Crippen LogP contribution in [-0.2, 0) is 6.42 Å². The van der Waals surface area contributed by atoms with Gasteiger partial charge in [-0.15, -0.1) is 0 Å². The Hall–Kier alpha value is -1.58. The quantitative estimate of drug-likeness (QED) is 0.900. The first kappa shape index (κ1) is 14.8. The van der Waals surface area contributed by atoms with Crippen LogP contribution in [0.5, 0.6) is 5.75 Å². The van der Waals surface area contributed by atoms with E-state index in [9.17, 15) is 4.39 Å². The molecule has 0 aliphatic heterocycles. The number of halogens is 2. The maximum atomic E-state index is 14.0. The van der Waals surface area contributed by atoms with E-state index in [2.05, 4.69) is 5.32 Å². The standard InChI is InChI=1S/C16H17ClFNO/c1-19-16(14-7-6-12(17)10-15(14)18)9-11-4-3-5-13(8-11)20-2/h3-8,10,16,19H,9H2,1-2H3. The zero-order chi connectivity index (χ0) is 14.5. The first-order valence-corrected chi connectivity index (χ1v) is 6.77. The van der Waals surface area contributed by atoms with Crippen molar-refractivity contribution < 1.29 is 9.13 Å². The highest BCUT2D eigenvalue weighted by Gasteiger charge is 2.15. The van der Waals surface area contributed by atoms with Crippen LogP contribution in [0, 0.1) is 5.82 Å². The van der Waals surface area contributed by atoms with Gasteiger partial charge in [0.15, 0.2) is 0 Å². The number of benzene rings is 2. The lowest BCUT2D eigenvalue weighted by Gasteiger charge is -2.18. The summed E-state index contributed by atoms with van der Waals surface area (Å²) in [6, 6.07) is 12.4. The van der Waals surface area contributed by atoms with Gasteiger partial charge in [-0.05, 0) is 43.3 Å². The van der Waals surface area contributed by atoms with Crippen molar-refractivity contribution in [2.24, 2.45) is 0 Å². The molecule has 0 aromatic heterocycles. The summed E-state index contributed by atoms with van der Waals surface area (Å²) in [5, 5.41) is 3.55. The molecule has 0 heterocycles. The lowest BCUT2D eigenvalue weighted by atomic mass is 9.98. The lowest BCUT2D eigenvalue weighted by Crippen LogP contribution is -2.20. The summed E-state index contributed by atoms with van der Waals surface area (Å²) in [6.45, 7) is 0. The maximum absolute atomic E-state index is 14.0. The molecule has 0 saturated heterocycles. The van der Waals surface area contributed by atoms with E-state index in [1.807, 2.05) is 31.3 Å². The van der Waals surface area contributed by atoms with Crippen molar-refractivity contribution in [3.8, 4) is 5.75 Å². The van der Waals surface area contributed by atoms with Crippen LogP contribution < -0.4 is 10.1 Å². The number of ether oxygens (including phenoxy) is 1. The van der Waals surface area contributed by atoms with Crippen molar-refractivity contribution in [2.45, 2.75) is 12.5 Å². The summed E-state index contributed by atoms with van der Waals surface area (Å²) in [5.41, 5.74) is 1.69. The molecule has 1 unspecified atom stereocenters. The minimum absolute atomic E-state index is 0.112. The van der Waals surface area contributed by atoms with Gasteiger partial charge in [-0.1, -0.05) is 29.8 Å². The molecule has 2 nitrogen and oxygen atoms in total. The number of hydrogen-bond acceptors (Lipinski definition) is 2. The minimum Gasteiger partial charge on any atom is -0.497 e. The summed E-state index contributed by atoms with van der Waals surface area (Å²) in [4.78, 5) is 0. The monoisotopic (exact) mass is 293 g/mol. The fourth-order valence-electron chi connectivity index (χ4n) is 2.19. The summed E-state index contributed by atoms with van der Waals surface area (Å²) in [5.74, 6) is 0.508. The number of likely N-dealkylation sites (N-methyl/N-ethyl adjacent to an activating group) is 1. The van der Waals surface area contributed by atoms with Crippen LogP contribution in [-0.4, -0.2) is 14.2 Å². The van der Waals surface area contributed by atoms with Crippen LogP contribution in [0.25, 0.3) is 0 Å². The van der Waals surface area contributed by atoms with Gasteiger partial charge in [0.25, 0.3) is 0 Å². The number of methoxy groups -OCH3 is 1. The first-order valence-electron chi connectivity index (χ1n) is 6.39. The highest BCUT2D eigenvalue weighted by atomic mass is 35.5. The van der Waals surface area contributed by atoms with E-state index in [0.29, 0.717) is 17.0 Å². The van der Waals surface area contributed by atoms with Crippen LogP contribution in [0.4, 0.5) is 4.39 Å². The van der Waals surface area contributed by atoms with Gasteiger partial charge in [0.05, 0.1) is 7.11 Å². The van der Waals surface area contributed by atoms with E-state index in [1.54, 1.807) is 19.2 Å². The normalized spacial score (nSPS) is 12.2. The van der Waals surface area contributed by atoms with Crippen molar-refractivity contribution in [3.63, 3.8) is 0 Å². The van der Waals surface area contributed by atoms with Crippen molar-refractivity contribution in [3.05, 3.63) is 64.4 Å². The molecule has 0 saturated carbocycles. The van der Waals surface area contributed by atoms with Gasteiger partial charge in [-0.25, -0.2) is 4.39 Å². The van der Waals surface area contributed by atoms with E-state index in [4.69, 9.17) is 16.3 Å². The molecule has 1 N–H and O–H groups in total. The fraction of sp³-hybridized carbons (Fsp3) is 0.250.